The van der Waals surface area contributed by atoms with Crippen molar-refractivity contribution >= 4 is 5.97 Å². The number of carboxylic acid groups (broad SMARTS) is 1. The molecule has 0 bridgehead atoms. The van der Waals surface area contributed by atoms with E-state index in [1.54, 1.807) is 13.8 Å². The zero-order valence-corrected chi connectivity index (χ0v) is 5.64. The summed E-state index contributed by atoms with van der Waals surface area (Å²) in [4.78, 5) is 10.3. The van der Waals surface area contributed by atoms with Crippen molar-refractivity contribution in [2.45, 2.75) is 19.4 Å². The SMILES string of the molecule is C=CNC(C)(C)C(=O)O. The van der Waals surface area contributed by atoms with Gasteiger partial charge in [-0.05, 0) is 20.0 Å². The van der Waals surface area contributed by atoms with Crippen molar-refractivity contribution in [1.29, 1.82) is 0 Å². The molecule has 9 heavy (non-hydrogen) atoms. The Morgan fingerprint density at radius 2 is 2.22 bits per heavy atom. The molecule has 0 aromatic carbocycles. The Morgan fingerprint density at radius 3 is 2.33 bits per heavy atom. The number of hydrogen-bond acceptors (Lipinski definition) is 2. The fraction of sp³-hybridized carbons (Fsp3) is 0.500. The Kier molecular flexibility index (Phi) is 2.25. The lowest BCUT2D eigenvalue weighted by Gasteiger charge is -2.18. The van der Waals surface area contributed by atoms with Gasteiger partial charge in [0.05, 0.1) is 0 Å². The highest BCUT2D eigenvalue weighted by atomic mass is 16.4. The topological polar surface area (TPSA) is 49.3 Å². The van der Waals surface area contributed by atoms with Crippen molar-refractivity contribution in [2.24, 2.45) is 0 Å². The van der Waals surface area contributed by atoms with Crippen LogP contribution in [0, 0.1) is 0 Å². The minimum absolute atomic E-state index is 0.887. The molecule has 3 nitrogen and oxygen atoms in total. The second-order valence-electron chi connectivity index (χ2n) is 2.28. The third-order valence-corrected chi connectivity index (χ3v) is 0.998. The van der Waals surface area contributed by atoms with Crippen LogP contribution >= 0.6 is 0 Å². The maximum Gasteiger partial charge on any atom is 0.328 e. The van der Waals surface area contributed by atoms with E-state index in [4.69, 9.17) is 5.11 Å². The molecule has 0 saturated heterocycles. The minimum Gasteiger partial charge on any atom is -0.480 e. The van der Waals surface area contributed by atoms with Crippen LogP contribution in [0.5, 0.6) is 0 Å². The van der Waals surface area contributed by atoms with E-state index in [-0.39, 0.29) is 0 Å². The molecule has 0 aromatic rings. The molecule has 0 unspecified atom stereocenters. The van der Waals surface area contributed by atoms with Crippen molar-refractivity contribution in [2.75, 3.05) is 0 Å². The second-order valence-corrected chi connectivity index (χ2v) is 2.28. The average molecular weight is 129 g/mol. The summed E-state index contributed by atoms with van der Waals surface area (Å²) >= 11 is 0. The Morgan fingerprint density at radius 1 is 1.78 bits per heavy atom. The molecule has 2 N–H and O–H groups in total. The first kappa shape index (κ1) is 8.01. The van der Waals surface area contributed by atoms with Crippen LogP contribution in [-0.2, 0) is 4.79 Å². The molecule has 3 heteroatoms. The fourth-order valence-corrected chi connectivity index (χ4v) is 0.317. The number of rotatable bonds is 3. The Balaban J connectivity index is 4.00. The minimum atomic E-state index is -0.901. The van der Waals surface area contributed by atoms with E-state index in [0.29, 0.717) is 0 Å². The van der Waals surface area contributed by atoms with Gasteiger partial charge in [-0.15, -0.1) is 0 Å². The van der Waals surface area contributed by atoms with Gasteiger partial charge in [0.25, 0.3) is 0 Å². The number of carboxylic acids is 1. The third-order valence-electron chi connectivity index (χ3n) is 0.998. The number of hydrogen-bond donors (Lipinski definition) is 2. The second kappa shape index (κ2) is 2.53. The van der Waals surface area contributed by atoms with Crippen molar-refractivity contribution < 1.29 is 9.90 Å². The molecule has 0 amide bonds. The predicted molar refractivity (Wildman–Crippen MR) is 35.0 cm³/mol. The van der Waals surface area contributed by atoms with Crippen molar-refractivity contribution in [3.05, 3.63) is 12.8 Å². The van der Waals surface area contributed by atoms with Gasteiger partial charge in [-0.1, -0.05) is 6.58 Å². The van der Waals surface area contributed by atoms with E-state index in [1.807, 2.05) is 0 Å². The first-order valence-corrected chi connectivity index (χ1v) is 2.62. The number of aliphatic carboxylic acids is 1. The molecule has 0 aliphatic rings. The van der Waals surface area contributed by atoms with E-state index in [0.717, 1.165) is 0 Å². The van der Waals surface area contributed by atoms with E-state index in [9.17, 15) is 4.79 Å². The molecule has 0 spiro atoms. The van der Waals surface area contributed by atoms with Crippen molar-refractivity contribution in [1.82, 2.24) is 5.32 Å². The molecule has 52 valence electrons. The molecule has 0 radical (unpaired) electrons. The summed E-state index contributed by atoms with van der Waals surface area (Å²) in [6.07, 6.45) is 1.37. The highest BCUT2D eigenvalue weighted by molar-refractivity contribution is 5.77. The number of carbonyl (C=O) groups is 1. The highest BCUT2D eigenvalue weighted by Crippen LogP contribution is 1.99. The van der Waals surface area contributed by atoms with E-state index < -0.39 is 11.5 Å². The van der Waals surface area contributed by atoms with E-state index in [2.05, 4.69) is 11.9 Å². The smallest absolute Gasteiger partial charge is 0.328 e. The molecule has 0 heterocycles. The molecule has 0 atom stereocenters. The zero-order chi connectivity index (χ0) is 7.49. The summed E-state index contributed by atoms with van der Waals surface area (Å²) in [5.41, 5.74) is -0.901. The van der Waals surface area contributed by atoms with Crippen LogP contribution in [-0.4, -0.2) is 16.6 Å². The molecular weight excluding hydrogens is 118 g/mol. The van der Waals surface area contributed by atoms with Gasteiger partial charge in [0.15, 0.2) is 0 Å². The third kappa shape index (κ3) is 2.17. The lowest BCUT2D eigenvalue weighted by Crippen LogP contribution is -2.43. The standard InChI is InChI=1S/C6H11NO2/c1-4-7-6(2,3)5(8)9/h4,7H,1H2,2-3H3,(H,8,9). The zero-order valence-electron chi connectivity index (χ0n) is 5.64. The van der Waals surface area contributed by atoms with Crippen LogP contribution in [0.2, 0.25) is 0 Å². The quantitative estimate of drug-likeness (QED) is 0.586. The van der Waals surface area contributed by atoms with Crippen LogP contribution in [0.4, 0.5) is 0 Å². The van der Waals surface area contributed by atoms with Crippen LogP contribution in [0.3, 0.4) is 0 Å². The molecular formula is C6H11NO2. The molecule has 0 aliphatic carbocycles. The van der Waals surface area contributed by atoms with Crippen molar-refractivity contribution in [3.8, 4) is 0 Å². The van der Waals surface area contributed by atoms with Gasteiger partial charge in [-0.3, -0.25) is 0 Å². The van der Waals surface area contributed by atoms with Gasteiger partial charge in [-0.25, -0.2) is 4.79 Å². The normalized spacial score (nSPS) is 10.4. The first-order chi connectivity index (χ1) is 4.00. The highest BCUT2D eigenvalue weighted by Gasteiger charge is 2.24. The van der Waals surface area contributed by atoms with Gasteiger partial charge < -0.3 is 10.4 Å². The van der Waals surface area contributed by atoms with Gasteiger partial charge >= 0.3 is 5.97 Å². The van der Waals surface area contributed by atoms with Gasteiger partial charge in [0.2, 0.25) is 0 Å². The largest absolute Gasteiger partial charge is 0.480 e. The summed E-state index contributed by atoms with van der Waals surface area (Å²) in [6, 6.07) is 0. The van der Waals surface area contributed by atoms with Gasteiger partial charge in [0, 0.05) is 0 Å². The lowest BCUT2D eigenvalue weighted by atomic mass is 10.1. The molecule has 0 fully saturated rings. The predicted octanol–water partition coefficient (Wildman–Crippen LogP) is 0.583. The molecule has 0 saturated carbocycles. The van der Waals surface area contributed by atoms with E-state index in [1.165, 1.54) is 6.20 Å². The first-order valence-electron chi connectivity index (χ1n) is 2.62. The fourth-order valence-electron chi connectivity index (χ4n) is 0.317. The van der Waals surface area contributed by atoms with Crippen LogP contribution < -0.4 is 5.32 Å². The number of nitrogens with one attached hydrogen (secondary N) is 1. The molecule has 0 rings (SSSR count). The van der Waals surface area contributed by atoms with Gasteiger partial charge in [0.1, 0.15) is 5.54 Å². The van der Waals surface area contributed by atoms with E-state index >= 15 is 0 Å². The summed E-state index contributed by atoms with van der Waals surface area (Å²) in [5, 5.41) is 11.0. The Bertz CT molecular complexity index is 129. The van der Waals surface area contributed by atoms with Crippen LogP contribution in [0.15, 0.2) is 12.8 Å². The summed E-state index contributed by atoms with van der Waals surface area (Å²) in [6.45, 7) is 6.49. The maximum atomic E-state index is 10.3. The van der Waals surface area contributed by atoms with Crippen LogP contribution in [0.1, 0.15) is 13.8 Å². The van der Waals surface area contributed by atoms with Crippen molar-refractivity contribution in [3.63, 3.8) is 0 Å². The molecule has 0 aliphatic heterocycles. The Labute approximate surface area is 54.4 Å². The lowest BCUT2D eigenvalue weighted by molar-refractivity contribution is -0.142. The molecule has 0 aromatic heterocycles. The van der Waals surface area contributed by atoms with Gasteiger partial charge in [-0.2, -0.15) is 0 Å². The summed E-state index contributed by atoms with van der Waals surface area (Å²) in [5.74, 6) is -0.887. The maximum absolute atomic E-state index is 10.3. The average Bonchev–Trinajstić information content (AvgIpc) is 1.65. The summed E-state index contributed by atoms with van der Waals surface area (Å²) < 4.78 is 0. The summed E-state index contributed by atoms with van der Waals surface area (Å²) in [7, 11) is 0. The monoisotopic (exact) mass is 129 g/mol. The Hall–Kier alpha value is -0.990. The van der Waals surface area contributed by atoms with Crippen LogP contribution in [0.25, 0.3) is 0 Å².